The fourth-order valence-corrected chi connectivity index (χ4v) is 2.32. The van der Waals surface area contributed by atoms with E-state index in [-0.39, 0.29) is 22.4 Å². The molecule has 2 nitrogen and oxygen atoms in total. The van der Waals surface area contributed by atoms with Crippen LogP contribution in [-0.4, -0.2) is 12.3 Å². The maximum Gasteiger partial charge on any atom is 0.264 e. The van der Waals surface area contributed by atoms with Crippen LogP contribution in [0.4, 0.5) is 27.6 Å². The Bertz CT molecular complexity index is 866. The Morgan fingerprint density at radius 2 is 1.69 bits per heavy atom. The van der Waals surface area contributed by atoms with Crippen molar-refractivity contribution in [2.45, 2.75) is 13.3 Å². The molecule has 26 heavy (non-hydrogen) atoms. The summed E-state index contributed by atoms with van der Waals surface area (Å²) in [5.74, 6) is -5.24. The lowest BCUT2D eigenvalue weighted by Gasteiger charge is -2.14. The van der Waals surface area contributed by atoms with Gasteiger partial charge in [-0.05, 0) is 30.7 Å². The molecule has 0 aliphatic rings. The van der Waals surface area contributed by atoms with Gasteiger partial charge in [-0.15, -0.1) is 0 Å². The van der Waals surface area contributed by atoms with Crippen LogP contribution in [0.15, 0.2) is 60.2 Å². The Morgan fingerprint density at radius 1 is 1.12 bits per heavy atom. The summed E-state index contributed by atoms with van der Waals surface area (Å²) in [5.41, 5.74) is -0.680. The van der Waals surface area contributed by atoms with Gasteiger partial charge in [0, 0.05) is 22.4 Å². The number of halogens is 5. The van der Waals surface area contributed by atoms with E-state index < -0.39 is 35.4 Å². The minimum absolute atomic E-state index is 0.0213. The molecule has 0 unspecified atom stereocenters. The molecule has 0 bridgehead atoms. The van der Waals surface area contributed by atoms with E-state index in [0.29, 0.717) is 0 Å². The van der Waals surface area contributed by atoms with Crippen molar-refractivity contribution in [1.29, 1.82) is 0 Å². The Morgan fingerprint density at radius 3 is 2.23 bits per heavy atom. The SMILES string of the molecule is C=C(/C(=C\C)C(=O)Nc1ccccc1-c1cc(F)c(F)c(F)c1)C(F)F. The Kier molecular flexibility index (Phi) is 5.92. The third-order valence-electron chi connectivity index (χ3n) is 3.61. The van der Waals surface area contributed by atoms with E-state index >= 15 is 0 Å². The van der Waals surface area contributed by atoms with Crippen LogP contribution in [-0.2, 0) is 4.79 Å². The second kappa shape index (κ2) is 7.95. The minimum atomic E-state index is -2.91. The summed E-state index contributed by atoms with van der Waals surface area (Å²) >= 11 is 0. The molecule has 0 radical (unpaired) electrons. The van der Waals surface area contributed by atoms with E-state index in [4.69, 9.17) is 0 Å². The zero-order valence-corrected chi connectivity index (χ0v) is 13.6. The highest BCUT2D eigenvalue weighted by Crippen LogP contribution is 2.31. The molecule has 0 saturated heterocycles. The van der Waals surface area contributed by atoms with E-state index in [1.54, 1.807) is 6.07 Å². The van der Waals surface area contributed by atoms with Crippen LogP contribution < -0.4 is 5.32 Å². The second-order valence-electron chi connectivity index (χ2n) is 5.28. The average Bonchev–Trinajstić information content (AvgIpc) is 2.60. The number of anilines is 1. The zero-order chi connectivity index (χ0) is 19.4. The van der Waals surface area contributed by atoms with Gasteiger partial charge in [-0.2, -0.15) is 0 Å². The smallest absolute Gasteiger partial charge is 0.264 e. The van der Waals surface area contributed by atoms with Gasteiger partial charge in [0.15, 0.2) is 17.5 Å². The highest BCUT2D eigenvalue weighted by molar-refractivity contribution is 6.08. The van der Waals surface area contributed by atoms with Crippen molar-refractivity contribution in [3.8, 4) is 11.1 Å². The minimum Gasteiger partial charge on any atom is -0.321 e. The Labute approximate surface area is 146 Å². The van der Waals surface area contributed by atoms with E-state index in [1.807, 2.05) is 0 Å². The molecule has 0 aromatic heterocycles. The molecular formula is C19H14F5NO. The summed E-state index contributed by atoms with van der Waals surface area (Å²) in [4.78, 5) is 12.3. The number of para-hydroxylation sites is 1. The fourth-order valence-electron chi connectivity index (χ4n) is 2.32. The molecule has 7 heteroatoms. The van der Waals surface area contributed by atoms with Crippen molar-refractivity contribution in [3.63, 3.8) is 0 Å². The first-order valence-corrected chi connectivity index (χ1v) is 7.45. The van der Waals surface area contributed by atoms with Crippen molar-refractivity contribution < 1.29 is 26.7 Å². The molecule has 0 heterocycles. The molecule has 2 aromatic carbocycles. The molecule has 0 saturated carbocycles. The monoisotopic (exact) mass is 367 g/mol. The number of alkyl halides is 2. The largest absolute Gasteiger partial charge is 0.321 e. The number of allylic oxidation sites excluding steroid dienone is 1. The van der Waals surface area contributed by atoms with Crippen LogP contribution in [0.2, 0.25) is 0 Å². The summed E-state index contributed by atoms with van der Waals surface area (Å²) in [6, 6.07) is 7.49. The highest BCUT2D eigenvalue weighted by Gasteiger charge is 2.21. The highest BCUT2D eigenvalue weighted by atomic mass is 19.3. The quantitative estimate of drug-likeness (QED) is 0.323. The molecule has 136 valence electrons. The molecule has 0 aliphatic carbocycles. The number of carbonyl (C=O) groups excluding carboxylic acids is 1. The van der Waals surface area contributed by atoms with Crippen LogP contribution in [0, 0.1) is 17.5 Å². The number of hydrogen-bond donors (Lipinski definition) is 1. The summed E-state index contributed by atoms with van der Waals surface area (Å²) in [5, 5.41) is 2.41. The number of rotatable bonds is 5. The van der Waals surface area contributed by atoms with Crippen molar-refractivity contribution in [2.75, 3.05) is 5.32 Å². The molecule has 0 spiro atoms. The van der Waals surface area contributed by atoms with Crippen LogP contribution in [0.3, 0.4) is 0 Å². The molecule has 0 fully saturated rings. The van der Waals surface area contributed by atoms with Crippen molar-refractivity contribution in [3.05, 3.63) is 77.7 Å². The van der Waals surface area contributed by atoms with Crippen LogP contribution in [0.1, 0.15) is 6.92 Å². The summed E-state index contributed by atoms with van der Waals surface area (Å²) < 4.78 is 65.7. The van der Waals surface area contributed by atoms with Gasteiger partial charge < -0.3 is 5.32 Å². The van der Waals surface area contributed by atoms with Gasteiger partial charge in [-0.3, -0.25) is 4.79 Å². The van der Waals surface area contributed by atoms with E-state index in [0.717, 1.165) is 12.1 Å². The third-order valence-corrected chi connectivity index (χ3v) is 3.61. The summed E-state index contributed by atoms with van der Waals surface area (Å²) in [7, 11) is 0. The average molecular weight is 367 g/mol. The molecular weight excluding hydrogens is 353 g/mol. The number of amides is 1. The molecule has 2 aromatic rings. The number of hydrogen-bond acceptors (Lipinski definition) is 1. The number of benzene rings is 2. The maximum absolute atomic E-state index is 13.5. The third kappa shape index (κ3) is 3.99. The van der Waals surface area contributed by atoms with E-state index in [2.05, 4.69) is 11.9 Å². The van der Waals surface area contributed by atoms with Gasteiger partial charge in [0.05, 0.1) is 0 Å². The normalized spacial score (nSPS) is 11.6. The molecule has 2 rings (SSSR count). The van der Waals surface area contributed by atoms with Crippen LogP contribution >= 0.6 is 0 Å². The molecule has 0 aliphatic heterocycles. The predicted octanol–water partition coefficient (Wildman–Crippen LogP) is 5.48. The first kappa shape index (κ1) is 19.4. The molecule has 1 amide bonds. The standard InChI is InChI=1S/C19H14F5NO/c1-3-12(10(2)18(23)24)19(26)25-16-7-5-4-6-13(16)11-8-14(20)17(22)15(21)9-11/h3-9,18H,2H2,1H3,(H,25,26)/b12-3+. The first-order chi connectivity index (χ1) is 12.3. The van der Waals surface area contributed by atoms with Gasteiger partial charge in [0.25, 0.3) is 12.3 Å². The Hall–Kier alpha value is -2.96. The van der Waals surface area contributed by atoms with Gasteiger partial charge in [0.2, 0.25) is 0 Å². The number of nitrogens with one attached hydrogen (secondary N) is 1. The second-order valence-corrected chi connectivity index (χ2v) is 5.28. The fraction of sp³-hybridized carbons (Fsp3) is 0.105. The number of carbonyl (C=O) groups is 1. The lowest BCUT2D eigenvalue weighted by atomic mass is 10.0. The predicted molar refractivity (Wildman–Crippen MR) is 89.3 cm³/mol. The van der Waals surface area contributed by atoms with Crippen LogP contribution in [0.5, 0.6) is 0 Å². The van der Waals surface area contributed by atoms with Crippen molar-refractivity contribution >= 4 is 11.6 Å². The van der Waals surface area contributed by atoms with Crippen LogP contribution in [0.25, 0.3) is 11.1 Å². The zero-order valence-electron chi connectivity index (χ0n) is 13.6. The summed E-state index contributed by atoms with van der Waals surface area (Å²) in [6.45, 7) is 4.58. The lowest BCUT2D eigenvalue weighted by Crippen LogP contribution is -2.18. The topological polar surface area (TPSA) is 29.1 Å². The van der Waals surface area contributed by atoms with Crippen molar-refractivity contribution in [1.82, 2.24) is 0 Å². The van der Waals surface area contributed by atoms with E-state index in [1.165, 1.54) is 31.2 Å². The van der Waals surface area contributed by atoms with Gasteiger partial charge in [-0.1, -0.05) is 30.9 Å². The first-order valence-electron chi connectivity index (χ1n) is 7.45. The van der Waals surface area contributed by atoms with Gasteiger partial charge in [0.1, 0.15) is 0 Å². The Balaban J connectivity index is 2.42. The van der Waals surface area contributed by atoms with Gasteiger partial charge >= 0.3 is 0 Å². The lowest BCUT2D eigenvalue weighted by molar-refractivity contribution is -0.112. The summed E-state index contributed by atoms with van der Waals surface area (Å²) in [6.07, 6.45) is -1.73. The van der Waals surface area contributed by atoms with Gasteiger partial charge in [-0.25, -0.2) is 22.0 Å². The molecule has 0 atom stereocenters. The maximum atomic E-state index is 13.5. The van der Waals surface area contributed by atoms with Crippen molar-refractivity contribution in [2.24, 2.45) is 0 Å². The molecule has 1 N–H and O–H groups in total. The van der Waals surface area contributed by atoms with E-state index in [9.17, 15) is 26.7 Å².